The van der Waals surface area contributed by atoms with Crippen LogP contribution in [0, 0.1) is 0 Å². The van der Waals surface area contributed by atoms with Gasteiger partial charge in [-0.25, -0.2) is 4.98 Å². The van der Waals surface area contributed by atoms with Gasteiger partial charge in [0.2, 0.25) is 0 Å². The van der Waals surface area contributed by atoms with Crippen LogP contribution in [0.1, 0.15) is 42.7 Å². The Bertz CT molecular complexity index is 868. The lowest BCUT2D eigenvalue weighted by Gasteiger charge is -2.22. The summed E-state index contributed by atoms with van der Waals surface area (Å²) < 4.78 is 2.13. The van der Waals surface area contributed by atoms with Crippen molar-refractivity contribution in [3.05, 3.63) is 87.9 Å². The summed E-state index contributed by atoms with van der Waals surface area (Å²) in [5.74, 6) is 0.872. The molecule has 27 heavy (non-hydrogen) atoms. The lowest BCUT2D eigenvalue weighted by molar-refractivity contribution is 0.589. The van der Waals surface area contributed by atoms with Gasteiger partial charge in [-0.2, -0.15) is 0 Å². The second-order valence-electron chi connectivity index (χ2n) is 7.68. The van der Waals surface area contributed by atoms with Crippen LogP contribution in [0.25, 0.3) is 0 Å². The van der Waals surface area contributed by atoms with Gasteiger partial charge in [-0.1, -0.05) is 74.3 Å². The smallest absolute Gasteiger partial charge is 0.0946 e. The van der Waals surface area contributed by atoms with E-state index in [1.165, 1.54) is 16.7 Å². The summed E-state index contributed by atoms with van der Waals surface area (Å²) >= 11 is 14.1. The predicted octanol–water partition coefficient (Wildman–Crippen LogP) is 7.16. The molecule has 0 aliphatic carbocycles. The zero-order chi connectivity index (χ0) is 19.4. The largest absolute Gasteiger partial charge is 0.336 e. The minimum atomic E-state index is 0.158. The molecule has 0 aliphatic rings. The van der Waals surface area contributed by atoms with Gasteiger partial charge >= 0.3 is 0 Å². The molecule has 2 nitrogen and oxygen atoms in total. The van der Waals surface area contributed by atoms with E-state index in [0.717, 1.165) is 12.3 Å². The van der Waals surface area contributed by atoms with Gasteiger partial charge in [-0.3, -0.25) is 0 Å². The second-order valence-corrected chi connectivity index (χ2v) is 9.69. The first-order valence-corrected chi connectivity index (χ1v) is 10.7. The van der Waals surface area contributed by atoms with Crippen molar-refractivity contribution in [2.24, 2.45) is 0 Å². The van der Waals surface area contributed by atoms with Crippen LogP contribution < -0.4 is 0 Å². The highest BCUT2D eigenvalue weighted by Crippen LogP contribution is 2.35. The normalized spacial score (nSPS) is 12.9. The fourth-order valence-corrected chi connectivity index (χ4v) is 4.39. The third-order valence-electron chi connectivity index (χ3n) is 4.52. The molecule has 2 aromatic carbocycles. The average Bonchev–Trinajstić information content (AvgIpc) is 3.14. The monoisotopic (exact) mass is 418 g/mol. The molecule has 142 valence electrons. The third kappa shape index (κ3) is 5.54. The molecule has 0 amide bonds. The summed E-state index contributed by atoms with van der Waals surface area (Å²) in [5.41, 5.74) is 4.01. The van der Waals surface area contributed by atoms with Gasteiger partial charge in [0.05, 0.1) is 16.4 Å². The first kappa shape index (κ1) is 20.3. The number of hydrogen-bond donors (Lipinski definition) is 0. The van der Waals surface area contributed by atoms with E-state index in [1.54, 1.807) is 0 Å². The van der Waals surface area contributed by atoms with E-state index in [0.29, 0.717) is 15.3 Å². The summed E-state index contributed by atoms with van der Waals surface area (Å²) in [7, 11) is 0. The zero-order valence-corrected chi connectivity index (χ0v) is 18.2. The Labute approximate surface area is 175 Å². The Kier molecular flexibility index (Phi) is 6.56. The summed E-state index contributed by atoms with van der Waals surface area (Å²) in [5, 5.41) is 1.52. The molecule has 5 heteroatoms. The molecule has 1 unspecified atom stereocenters. The molecule has 0 saturated heterocycles. The number of nitrogens with zero attached hydrogens (tertiary/aromatic N) is 2. The molecule has 0 bridgehead atoms. The van der Waals surface area contributed by atoms with Crippen molar-refractivity contribution in [1.82, 2.24) is 9.55 Å². The van der Waals surface area contributed by atoms with Crippen molar-refractivity contribution in [3.63, 3.8) is 0 Å². The standard InChI is InChI=1S/C22H24Cl2N2S/c1-22(2,3)18-7-5-17(6-8-18)21(13-26-11-10-25-15-26)27-14-16-4-9-19(23)20(24)12-16/h4-12,15,21H,13-14H2,1-3H3. The van der Waals surface area contributed by atoms with Crippen molar-refractivity contribution in [1.29, 1.82) is 0 Å². The Morgan fingerprint density at radius 1 is 1.04 bits per heavy atom. The maximum Gasteiger partial charge on any atom is 0.0946 e. The minimum Gasteiger partial charge on any atom is -0.336 e. The Morgan fingerprint density at radius 3 is 2.37 bits per heavy atom. The van der Waals surface area contributed by atoms with Crippen LogP contribution in [0.3, 0.4) is 0 Å². The summed E-state index contributed by atoms with van der Waals surface area (Å²) in [4.78, 5) is 4.18. The Balaban J connectivity index is 1.79. The van der Waals surface area contributed by atoms with E-state index in [4.69, 9.17) is 23.2 Å². The molecule has 0 radical (unpaired) electrons. The van der Waals surface area contributed by atoms with Crippen molar-refractivity contribution < 1.29 is 0 Å². The van der Waals surface area contributed by atoms with Gasteiger partial charge in [-0.15, -0.1) is 11.8 Å². The summed E-state index contributed by atoms with van der Waals surface area (Å²) in [6.45, 7) is 7.60. The molecule has 1 heterocycles. The molecule has 0 fully saturated rings. The lowest BCUT2D eigenvalue weighted by atomic mass is 9.86. The highest BCUT2D eigenvalue weighted by Gasteiger charge is 2.17. The molecule has 3 aromatic rings. The fourth-order valence-electron chi connectivity index (χ4n) is 2.86. The minimum absolute atomic E-state index is 0.158. The molecule has 0 spiro atoms. The molecule has 3 rings (SSSR count). The van der Waals surface area contributed by atoms with Gasteiger partial charge in [0.15, 0.2) is 0 Å². The first-order valence-electron chi connectivity index (χ1n) is 8.94. The van der Waals surface area contributed by atoms with Crippen molar-refractivity contribution in [2.75, 3.05) is 0 Å². The number of benzene rings is 2. The summed E-state index contributed by atoms with van der Waals surface area (Å²) in [6.07, 6.45) is 5.70. The molecule has 1 atom stereocenters. The highest BCUT2D eigenvalue weighted by atomic mass is 35.5. The molecular formula is C22H24Cl2N2S. The highest BCUT2D eigenvalue weighted by molar-refractivity contribution is 7.98. The number of imidazole rings is 1. The van der Waals surface area contributed by atoms with Crippen LogP contribution >= 0.6 is 35.0 Å². The van der Waals surface area contributed by atoms with E-state index in [-0.39, 0.29) is 5.41 Å². The maximum atomic E-state index is 6.17. The van der Waals surface area contributed by atoms with E-state index < -0.39 is 0 Å². The lowest BCUT2D eigenvalue weighted by Crippen LogP contribution is -2.11. The second kappa shape index (κ2) is 8.72. The van der Waals surface area contributed by atoms with Gasteiger partial charge in [-0.05, 0) is 34.2 Å². The quantitative estimate of drug-likeness (QED) is 0.422. The molecule has 0 saturated carbocycles. The van der Waals surface area contributed by atoms with Crippen LogP contribution in [0.4, 0.5) is 0 Å². The van der Waals surface area contributed by atoms with E-state index in [9.17, 15) is 0 Å². The number of thioether (sulfide) groups is 1. The topological polar surface area (TPSA) is 17.8 Å². The van der Waals surface area contributed by atoms with Crippen molar-refractivity contribution in [2.45, 2.75) is 43.7 Å². The van der Waals surface area contributed by atoms with Gasteiger partial charge in [0.25, 0.3) is 0 Å². The Morgan fingerprint density at radius 2 is 1.78 bits per heavy atom. The van der Waals surface area contributed by atoms with Crippen molar-refractivity contribution in [3.8, 4) is 0 Å². The fraction of sp³-hybridized carbons (Fsp3) is 0.318. The zero-order valence-electron chi connectivity index (χ0n) is 15.8. The maximum absolute atomic E-state index is 6.17. The number of halogens is 2. The van der Waals surface area contributed by atoms with Gasteiger partial charge in [0, 0.05) is 29.9 Å². The first-order chi connectivity index (χ1) is 12.8. The predicted molar refractivity (Wildman–Crippen MR) is 118 cm³/mol. The number of aromatic nitrogens is 2. The van der Waals surface area contributed by atoms with Crippen molar-refractivity contribution >= 4 is 35.0 Å². The van der Waals surface area contributed by atoms with Gasteiger partial charge in [0.1, 0.15) is 0 Å². The van der Waals surface area contributed by atoms with Crippen LogP contribution in [0.2, 0.25) is 10.0 Å². The SMILES string of the molecule is CC(C)(C)c1ccc(C(Cn2ccnc2)SCc2ccc(Cl)c(Cl)c2)cc1. The molecule has 0 N–H and O–H groups in total. The molecule has 1 aromatic heterocycles. The third-order valence-corrected chi connectivity index (χ3v) is 6.58. The van der Waals surface area contributed by atoms with Crippen LogP contribution in [0.5, 0.6) is 0 Å². The van der Waals surface area contributed by atoms with E-state index >= 15 is 0 Å². The van der Waals surface area contributed by atoms with E-state index in [1.807, 2.05) is 48.7 Å². The van der Waals surface area contributed by atoms with Crippen LogP contribution in [-0.2, 0) is 17.7 Å². The van der Waals surface area contributed by atoms with Crippen LogP contribution in [-0.4, -0.2) is 9.55 Å². The average molecular weight is 419 g/mol. The van der Waals surface area contributed by atoms with Gasteiger partial charge < -0.3 is 4.57 Å². The van der Waals surface area contributed by atoms with Crippen LogP contribution in [0.15, 0.2) is 61.2 Å². The molecule has 0 aliphatic heterocycles. The summed E-state index contributed by atoms with van der Waals surface area (Å²) in [6, 6.07) is 14.9. The molecular weight excluding hydrogens is 395 g/mol. The number of rotatable bonds is 6. The van der Waals surface area contributed by atoms with E-state index in [2.05, 4.69) is 54.6 Å². The Hall–Kier alpha value is -1.42. The number of hydrogen-bond acceptors (Lipinski definition) is 2.